The normalized spacial score (nSPS) is 13.1. The van der Waals surface area contributed by atoms with Gasteiger partial charge in [-0.05, 0) is 29.2 Å². The molecule has 0 aliphatic heterocycles. The fourth-order valence-electron chi connectivity index (χ4n) is 2.03. The summed E-state index contributed by atoms with van der Waals surface area (Å²) in [4.78, 5) is 5.51. The zero-order chi connectivity index (χ0) is 13.0. The molecule has 1 atom stereocenters. The highest BCUT2D eigenvalue weighted by Gasteiger charge is 2.08. The minimum absolute atomic E-state index is 0.190. The van der Waals surface area contributed by atoms with Crippen LogP contribution >= 0.6 is 0 Å². The third kappa shape index (κ3) is 3.09. The van der Waals surface area contributed by atoms with Gasteiger partial charge in [0.1, 0.15) is 0 Å². The molecule has 0 aliphatic rings. The van der Waals surface area contributed by atoms with Gasteiger partial charge in [-0.25, -0.2) is 0 Å². The van der Waals surface area contributed by atoms with Crippen LogP contribution in [0.4, 0.5) is 0 Å². The first-order valence-corrected chi connectivity index (χ1v) is 6.53. The molecule has 96 valence electrons. The van der Waals surface area contributed by atoms with E-state index in [0.29, 0.717) is 5.92 Å². The van der Waals surface area contributed by atoms with Crippen LogP contribution in [0.5, 0.6) is 0 Å². The molecule has 0 aliphatic carbocycles. The summed E-state index contributed by atoms with van der Waals surface area (Å²) in [7, 11) is 0. The van der Waals surface area contributed by atoms with Gasteiger partial charge in [0, 0.05) is 0 Å². The lowest BCUT2D eigenvalue weighted by Gasteiger charge is -2.17. The molecule has 1 N–H and O–H groups in total. The van der Waals surface area contributed by atoms with E-state index < -0.39 is 0 Å². The largest absolute Gasteiger partial charge is 0.301 e. The molecule has 2 rings (SSSR count). The van der Waals surface area contributed by atoms with Crippen LogP contribution in [-0.4, -0.2) is 6.61 Å². The molecule has 0 radical (unpaired) electrons. The Bertz CT molecular complexity index is 502. The standard InChI is InChI=1S/C16H21NO/c1-12(2)11-18-17-13(3)15-10-6-8-14-7-4-5-9-16(14)15/h4-10,12-13,17H,11H2,1-3H3. The summed E-state index contributed by atoms with van der Waals surface area (Å²) >= 11 is 0. The number of hydroxylamine groups is 1. The summed E-state index contributed by atoms with van der Waals surface area (Å²) in [5, 5.41) is 2.56. The molecule has 18 heavy (non-hydrogen) atoms. The molecule has 0 saturated heterocycles. The summed E-state index contributed by atoms with van der Waals surface area (Å²) in [6, 6.07) is 15.0. The van der Waals surface area contributed by atoms with Crippen molar-refractivity contribution >= 4 is 10.8 Å². The summed E-state index contributed by atoms with van der Waals surface area (Å²) in [6.45, 7) is 7.14. The minimum Gasteiger partial charge on any atom is -0.301 e. The van der Waals surface area contributed by atoms with Crippen LogP contribution in [-0.2, 0) is 4.84 Å². The molecule has 0 fully saturated rings. The summed E-state index contributed by atoms with van der Waals surface area (Å²) in [5.41, 5.74) is 4.40. The van der Waals surface area contributed by atoms with Crippen LogP contribution in [0.1, 0.15) is 32.4 Å². The van der Waals surface area contributed by atoms with Crippen molar-refractivity contribution in [1.29, 1.82) is 0 Å². The molecule has 0 bridgehead atoms. The monoisotopic (exact) mass is 243 g/mol. The van der Waals surface area contributed by atoms with Gasteiger partial charge < -0.3 is 4.84 Å². The molecule has 0 aromatic heterocycles. The quantitative estimate of drug-likeness (QED) is 0.799. The second kappa shape index (κ2) is 5.98. The summed E-state index contributed by atoms with van der Waals surface area (Å²) in [6.07, 6.45) is 0. The number of hydrogen-bond donors (Lipinski definition) is 1. The highest BCUT2D eigenvalue weighted by atomic mass is 16.6. The van der Waals surface area contributed by atoms with Gasteiger partial charge in [-0.15, -0.1) is 0 Å². The molecular weight excluding hydrogens is 222 g/mol. The van der Waals surface area contributed by atoms with Gasteiger partial charge in [-0.3, -0.25) is 0 Å². The van der Waals surface area contributed by atoms with Crippen LogP contribution in [0.3, 0.4) is 0 Å². The molecule has 0 spiro atoms. The van der Waals surface area contributed by atoms with Crippen LogP contribution in [0.2, 0.25) is 0 Å². The lowest BCUT2D eigenvalue weighted by atomic mass is 10.0. The lowest BCUT2D eigenvalue weighted by Crippen LogP contribution is -2.21. The first kappa shape index (κ1) is 13.1. The number of hydrogen-bond acceptors (Lipinski definition) is 2. The van der Waals surface area contributed by atoms with Crippen molar-refractivity contribution in [1.82, 2.24) is 5.48 Å². The smallest absolute Gasteiger partial charge is 0.0705 e. The van der Waals surface area contributed by atoms with E-state index in [1.807, 2.05) is 0 Å². The first-order chi connectivity index (χ1) is 8.68. The molecule has 2 aromatic carbocycles. The fraction of sp³-hybridized carbons (Fsp3) is 0.375. The molecular formula is C16H21NO. The van der Waals surface area contributed by atoms with Crippen LogP contribution in [0.15, 0.2) is 42.5 Å². The van der Waals surface area contributed by atoms with Gasteiger partial charge in [0.2, 0.25) is 0 Å². The van der Waals surface area contributed by atoms with Crippen molar-refractivity contribution in [3.63, 3.8) is 0 Å². The fourth-order valence-corrected chi connectivity index (χ4v) is 2.03. The highest BCUT2D eigenvalue weighted by molar-refractivity contribution is 5.86. The van der Waals surface area contributed by atoms with E-state index in [9.17, 15) is 0 Å². The Morgan fingerprint density at radius 1 is 1.00 bits per heavy atom. The van der Waals surface area contributed by atoms with Gasteiger partial charge in [-0.2, -0.15) is 5.48 Å². The Labute approximate surface area is 109 Å². The maximum atomic E-state index is 5.51. The first-order valence-electron chi connectivity index (χ1n) is 6.53. The number of fused-ring (bicyclic) bond motifs is 1. The van der Waals surface area contributed by atoms with Crippen molar-refractivity contribution < 1.29 is 4.84 Å². The van der Waals surface area contributed by atoms with Crippen molar-refractivity contribution in [2.45, 2.75) is 26.8 Å². The average molecular weight is 243 g/mol. The topological polar surface area (TPSA) is 21.3 Å². The van der Waals surface area contributed by atoms with Crippen molar-refractivity contribution in [3.8, 4) is 0 Å². The van der Waals surface area contributed by atoms with Gasteiger partial charge in [0.05, 0.1) is 12.6 Å². The van der Waals surface area contributed by atoms with Gasteiger partial charge in [0.15, 0.2) is 0 Å². The Morgan fingerprint density at radius 2 is 1.72 bits per heavy atom. The van der Waals surface area contributed by atoms with Crippen LogP contribution < -0.4 is 5.48 Å². The highest BCUT2D eigenvalue weighted by Crippen LogP contribution is 2.23. The molecule has 0 saturated carbocycles. The van der Waals surface area contributed by atoms with Gasteiger partial charge >= 0.3 is 0 Å². The van der Waals surface area contributed by atoms with E-state index in [2.05, 4.69) is 68.7 Å². The van der Waals surface area contributed by atoms with Crippen LogP contribution in [0, 0.1) is 5.92 Å². The molecule has 0 amide bonds. The third-order valence-electron chi connectivity index (χ3n) is 2.97. The van der Waals surface area contributed by atoms with Gasteiger partial charge in [-0.1, -0.05) is 56.3 Å². The average Bonchev–Trinajstić information content (AvgIpc) is 2.37. The maximum Gasteiger partial charge on any atom is 0.0705 e. The molecule has 2 heteroatoms. The minimum atomic E-state index is 0.190. The second-order valence-corrected chi connectivity index (χ2v) is 5.11. The van der Waals surface area contributed by atoms with Crippen molar-refractivity contribution in [2.24, 2.45) is 5.92 Å². The maximum absolute atomic E-state index is 5.51. The van der Waals surface area contributed by atoms with E-state index in [4.69, 9.17) is 4.84 Å². The van der Waals surface area contributed by atoms with Crippen molar-refractivity contribution in [3.05, 3.63) is 48.0 Å². The lowest BCUT2D eigenvalue weighted by molar-refractivity contribution is 0.00437. The Morgan fingerprint density at radius 3 is 2.50 bits per heavy atom. The third-order valence-corrected chi connectivity index (χ3v) is 2.97. The van der Waals surface area contributed by atoms with E-state index in [-0.39, 0.29) is 6.04 Å². The van der Waals surface area contributed by atoms with E-state index >= 15 is 0 Å². The van der Waals surface area contributed by atoms with E-state index in [1.54, 1.807) is 0 Å². The SMILES string of the molecule is CC(C)CONC(C)c1cccc2ccccc12. The molecule has 1 unspecified atom stereocenters. The van der Waals surface area contributed by atoms with E-state index in [0.717, 1.165) is 6.61 Å². The zero-order valence-corrected chi connectivity index (χ0v) is 11.3. The second-order valence-electron chi connectivity index (χ2n) is 5.11. The van der Waals surface area contributed by atoms with E-state index in [1.165, 1.54) is 16.3 Å². The number of rotatable bonds is 5. The Balaban J connectivity index is 2.15. The number of nitrogens with one attached hydrogen (secondary N) is 1. The van der Waals surface area contributed by atoms with Crippen LogP contribution in [0.25, 0.3) is 10.8 Å². The van der Waals surface area contributed by atoms with Gasteiger partial charge in [0.25, 0.3) is 0 Å². The molecule has 2 aromatic rings. The summed E-state index contributed by atoms with van der Waals surface area (Å²) in [5.74, 6) is 0.539. The Kier molecular flexibility index (Phi) is 4.34. The number of benzene rings is 2. The molecule has 2 nitrogen and oxygen atoms in total. The Hall–Kier alpha value is -1.38. The van der Waals surface area contributed by atoms with Crippen molar-refractivity contribution in [2.75, 3.05) is 6.61 Å². The summed E-state index contributed by atoms with van der Waals surface area (Å²) < 4.78 is 0. The predicted octanol–water partition coefficient (Wildman–Crippen LogP) is 4.08. The molecule has 0 heterocycles. The zero-order valence-electron chi connectivity index (χ0n) is 11.3. The predicted molar refractivity (Wildman–Crippen MR) is 76.3 cm³/mol.